The number of nitrogens with zero attached hydrogens (tertiary/aromatic N) is 3. The van der Waals surface area contributed by atoms with Crippen LogP contribution in [-0.2, 0) is 13.0 Å². The second-order valence-corrected chi connectivity index (χ2v) is 9.96. The van der Waals surface area contributed by atoms with E-state index in [4.69, 9.17) is 4.98 Å². The Balaban J connectivity index is 1.63. The Morgan fingerprint density at radius 2 is 1.43 bits per heavy atom. The summed E-state index contributed by atoms with van der Waals surface area (Å²) in [6, 6.07) is 31.2. The number of benzene rings is 3. The van der Waals surface area contributed by atoms with Gasteiger partial charge < -0.3 is 14.2 Å². The Labute approximate surface area is 217 Å². The minimum absolute atomic E-state index is 0.116. The molecular formula is C32H32N4O. The summed E-state index contributed by atoms with van der Waals surface area (Å²) in [6.07, 6.45) is 5.93. The van der Waals surface area contributed by atoms with Gasteiger partial charge in [0.25, 0.3) is 0 Å². The molecule has 186 valence electrons. The summed E-state index contributed by atoms with van der Waals surface area (Å²) in [5.41, 5.74) is 6.81. The Bertz CT molecular complexity index is 1560. The number of hydrogen-bond donors (Lipinski definition) is 2. The predicted molar refractivity (Wildman–Crippen MR) is 148 cm³/mol. The highest BCUT2D eigenvalue weighted by molar-refractivity contribution is 6.02. The fourth-order valence-electron chi connectivity index (χ4n) is 5.82. The lowest BCUT2D eigenvalue weighted by atomic mass is 9.92. The minimum atomic E-state index is -0.448. The molecule has 1 aliphatic rings. The van der Waals surface area contributed by atoms with Gasteiger partial charge in [-0.3, -0.25) is 5.41 Å². The van der Waals surface area contributed by atoms with Crippen LogP contribution in [0.4, 0.5) is 0 Å². The number of nitrogens with one attached hydrogen (secondary N) is 1. The molecule has 2 aromatic heterocycles. The lowest BCUT2D eigenvalue weighted by Crippen LogP contribution is -2.35. The van der Waals surface area contributed by atoms with Crippen molar-refractivity contribution < 1.29 is 5.11 Å². The second kappa shape index (κ2) is 10.2. The van der Waals surface area contributed by atoms with Crippen molar-refractivity contribution in [1.29, 1.82) is 5.41 Å². The molecule has 5 heteroatoms. The van der Waals surface area contributed by atoms with Crippen molar-refractivity contribution in [2.24, 2.45) is 0 Å². The molecule has 0 amide bonds. The molecule has 0 radical (unpaired) electrons. The van der Waals surface area contributed by atoms with Crippen LogP contribution in [0.2, 0.25) is 0 Å². The zero-order valence-electron chi connectivity index (χ0n) is 20.9. The topological polar surface area (TPSA) is 66.8 Å². The van der Waals surface area contributed by atoms with Gasteiger partial charge in [0.1, 0.15) is 11.1 Å². The number of hydrogen-bond acceptors (Lipinski definition) is 3. The monoisotopic (exact) mass is 488 g/mol. The largest absolute Gasteiger partial charge is 0.391 e. The van der Waals surface area contributed by atoms with Gasteiger partial charge >= 0.3 is 0 Å². The van der Waals surface area contributed by atoms with Crippen LogP contribution in [-0.4, -0.2) is 25.3 Å². The third-order valence-corrected chi connectivity index (χ3v) is 7.66. The van der Waals surface area contributed by atoms with Gasteiger partial charge in [0, 0.05) is 12.1 Å². The average molecular weight is 489 g/mol. The highest BCUT2D eigenvalue weighted by Crippen LogP contribution is 2.39. The predicted octanol–water partition coefficient (Wildman–Crippen LogP) is 6.37. The third kappa shape index (κ3) is 4.40. The van der Waals surface area contributed by atoms with Gasteiger partial charge in [-0.2, -0.15) is 0 Å². The summed E-state index contributed by atoms with van der Waals surface area (Å²) in [6.45, 7) is 0.750. The second-order valence-electron chi connectivity index (χ2n) is 9.96. The molecule has 6 rings (SSSR count). The van der Waals surface area contributed by atoms with Crippen molar-refractivity contribution in [3.8, 4) is 22.4 Å². The van der Waals surface area contributed by atoms with E-state index in [1.54, 1.807) is 6.33 Å². The van der Waals surface area contributed by atoms with Crippen molar-refractivity contribution in [2.75, 3.05) is 0 Å². The molecule has 0 bridgehead atoms. The molecule has 1 fully saturated rings. The average Bonchev–Trinajstić information content (AvgIpc) is 3.29. The summed E-state index contributed by atoms with van der Waals surface area (Å²) in [4.78, 5) is 4.99. The first-order valence-electron chi connectivity index (χ1n) is 13.2. The Hall–Kier alpha value is -3.96. The van der Waals surface area contributed by atoms with Crippen molar-refractivity contribution in [1.82, 2.24) is 14.1 Å². The van der Waals surface area contributed by atoms with E-state index in [-0.39, 0.29) is 6.04 Å². The summed E-state index contributed by atoms with van der Waals surface area (Å²) in [7, 11) is 0. The van der Waals surface area contributed by atoms with Crippen LogP contribution < -0.4 is 5.49 Å². The van der Waals surface area contributed by atoms with Crippen LogP contribution in [0.3, 0.4) is 0 Å². The number of fused-ring (bicyclic) bond motifs is 1. The van der Waals surface area contributed by atoms with Crippen molar-refractivity contribution >= 4 is 11.0 Å². The van der Waals surface area contributed by atoms with E-state index < -0.39 is 6.10 Å². The van der Waals surface area contributed by atoms with Gasteiger partial charge in [-0.25, -0.2) is 4.98 Å². The smallest absolute Gasteiger partial charge is 0.146 e. The fourth-order valence-corrected chi connectivity index (χ4v) is 5.82. The molecule has 1 saturated carbocycles. The lowest BCUT2D eigenvalue weighted by Gasteiger charge is -2.29. The van der Waals surface area contributed by atoms with Gasteiger partial charge in [-0.15, -0.1) is 0 Å². The Kier molecular flexibility index (Phi) is 6.46. The van der Waals surface area contributed by atoms with Crippen LogP contribution in [0.5, 0.6) is 0 Å². The van der Waals surface area contributed by atoms with Gasteiger partial charge in [0.05, 0.1) is 29.6 Å². The first kappa shape index (κ1) is 23.4. The maximum Gasteiger partial charge on any atom is 0.146 e. The molecule has 2 N–H and O–H groups in total. The number of aliphatic hydroxyl groups is 1. The third-order valence-electron chi connectivity index (χ3n) is 7.66. The van der Waals surface area contributed by atoms with E-state index in [1.807, 2.05) is 22.8 Å². The molecule has 2 heterocycles. The Morgan fingerprint density at radius 3 is 2.11 bits per heavy atom. The van der Waals surface area contributed by atoms with E-state index in [2.05, 4.69) is 77.4 Å². The molecule has 2 atom stereocenters. The van der Waals surface area contributed by atoms with Crippen LogP contribution in [0.25, 0.3) is 33.4 Å². The van der Waals surface area contributed by atoms with Crippen LogP contribution >= 0.6 is 0 Å². The van der Waals surface area contributed by atoms with Crippen molar-refractivity contribution in [2.45, 2.75) is 50.8 Å². The highest BCUT2D eigenvalue weighted by Gasteiger charge is 2.28. The molecular weight excluding hydrogens is 456 g/mol. The van der Waals surface area contributed by atoms with Gasteiger partial charge in [0.15, 0.2) is 0 Å². The van der Waals surface area contributed by atoms with E-state index in [0.717, 1.165) is 72.1 Å². The highest BCUT2D eigenvalue weighted by atomic mass is 16.3. The molecule has 0 spiro atoms. The maximum atomic E-state index is 10.8. The van der Waals surface area contributed by atoms with Crippen LogP contribution in [0.15, 0.2) is 97.3 Å². The zero-order valence-corrected chi connectivity index (χ0v) is 20.9. The van der Waals surface area contributed by atoms with E-state index >= 15 is 0 Å². The SMILES string of the molecule is N=c1c2c(-c3ccccc3)c(-c3ccccc3)n(CCc3ccccc3)c2ncn1C1CCCC[C@H]1O. The number of aliphatic hydroxyl groups excluding tert-OH is 1. The summed E-state index contributed by atoms with van der Waals surface area (Å²) in [5, 5.41) is 21.1. The maximum absolute atomic E-state index is 10.8. The van der Waals surface area contributed by atoms with Crippen LogP contribution in [0.1, 0.15) is 37.3 Å². The van der Waals surface area contributed by atoms with Gasteiger partial charge in [-0.05, 0) is 36.0 Å². The standard InChI is InChI=1S/C32H32N4O/c33-31-29-28(24-14-6-2-7-15-24)30(25-16-8-3-9-17-25)35(21-20-23-12-4-1-5-13-23)32(29)34-22-36(31)26-18-10-11-19-27(26)37/h1-9,12-17,22,26-27,33,37H,10-11,18-21H2/t26?,27-/m1/s1. The normalized spacial score (nSPS) is 17.8. The molecule has 0 aliphatic heterocycles. The van der Waals surface area contributed by atoms with Gasteiger partial charge in [0.2, 0.25) is 0 Å². The number of rotatable bonds is 6. The summed E-state index contributed by atoms with van der Waals surface area (Å²) in [5.74, 6) is 0. The van der Waals surface area contributed by atoms with Gasteiger partial charge in [-0.1, -0.05) is 104 Å². The van der Waals surface area contributed by atoms with Crippen molar-refractivity contribution in [3.05, 3.63) is 108 Å². The number of aryl methyl sites for hydroxylation is 2. The number of aromatic nitrogens is 3. The fraction of sp³-hybridized carbons (Fsp3) is 0.250. The van der Waals surface area contributed by atoms with E-state index in [9.17, 15) is 10.5 Å². The molecule has 5 aromatic rings. The summed E-state index contributed by atoms with van der Waals surface area (Å²) < 4.78 is 4.20. The minimum Gasteiger partial charge on any atom is -0.391 e. The van der Waals surface area contributed by atoms with Crippen LogP contribution in [0, 0.1) is 5.41 Å². The van der Waals surface area contributed by atoms with Crippen molar-refractivity contribution in [3.63, 3.8) is 0 Å². The van der Waals surface area contributed by atoms with E-state index in [0.29, 0.717) is 5.49 Å². The molecule has 1 unspecified atom stereocenters. The molecule has 3 aromatic carbocycles. The first-order chi connectivity index (χ1) is 18.2. The molecule has 0 saturated heterocycles. The molecule has 37 heavy (non-hydrogen) atoms. The molecule has 5 nitrogen and oxygen atoms in total. The quantitative estimate of drug-likeness (QED) is 0.292. The Morgan fingerprint density at radius 1 is 0.811 bits per heavy atom. The lowest BCUT2D eigenvalue weighted by molar-refractivity contribution is 0.0729. The zero-order chi connectivity index (χ0) is 25.2. The first-order valence-corrected chi connectivity index (χ1v) is 13.2. The summed E-state index contributed by atoms with van der Waals surface area (Å²) >= 11 is 0. The molecule has 1 aliphatic carbocycles. The van der Waals surface area contributed by atoms with E-state index in [1.165, 1.54) is 5.56 Å².